The molecule has 0 saturated heterocycles. The molecule has 0 saturated carbocycles. The van der Waals surface area contributed by atoms with Crippen molar-refractivity contribution in [3.05, 3.63) is 27.0 Å². The average Bonchev–Trinajstić information content (AvgIpc) is 2.13. The van der Waals surface area contributed by atoms with Crippen molar-refractivity contribution in [2.45, 2.75) is 12.5 Å². The minimum Gasteiger partial charge on any atom is -0.323 e. The fourth-order valence-electron chi connectivity index (χ4n) is 0.996. The molecule has 0 fully saturated rings. The van der Waals surface area contributed by atoms with E-state index in [1.807, 2.05) is 6.07 Å². The molecule has 2 N–H and O–H groups in total. The second-order valence-corrected chi connectivity index (χ2v) is 3.74. The molecular weight excluding hydrogens is 244 g/mol. The molecular formula is C8H6Cl3N3. The van der Waals surface area contributed by atoms with Gasteiger partial charge in [-0.3, -0.25) is 0 Å². The zero-order chi connectivity index (χ0) is 10.7. The van der Waals surface area contributed by atoms with E-state index in [0.29, 0.717) is 10.6 Å². The first-order chi connectivity index (χ1) is 6.57. The number of aromatic nitrogens is 1. The Labute approximate surface area is 96.4 Å². The van der Waals surface area contributed by atoms with Crippen LogP contribution in [0.1, 0.15) is 18.0 Å². The smallest absolute Gasteiger partial charge is 0.148 e. The fourth-order valence-corrected chi connectivity index (χ4v) is 1.77. The van der Waals surface area contributed by atoms with Gasteiger partial charge in [-0.1, -0.05) is 34.8 Å². The quantitative estimate of drug-likeness (QED) is 0.821. The molecule has 14 heavy (non-hydrogen) atoms. The van der Waals surface area contributed by atoms with Crippen molar-refractivity contribution in [3.8, 4) is 6.07 Å². The van der Waals surface area contributed by atoms with Crippen LogP contribution in [-0.4, -0.2) is 4.98 Å². The van der Waals surface area contributed by atoms with Gasteiger partial charge in [0.2, 0.25) is 0 Å². The number of nitrogens with two attached hydrogens (primary N) is 1. The molecule has 1 rings (SSSR count). The molecule has 0 amide bonds. The van der Waals surface area contributed by atoms with Gasteiger partial charge in [0.15, 0.2) is 0 Å². The van der Waals surface area contributed by atoms with Crippen molar-refractivity contribution in [1.29, 1.82) is 5.26 Å². The molecule has 1 aromatic rings. The van der Waals surface area contributed by atoms with Crippen molar-refractivity contribution in [2.75, 3.05) is 0 Å². The van der Waals surface area contributed by atoms with Gasteiger partial charge in [0.05, 0.1) is 22.5 Å². The van der Waals surface area contributed by atoms with Crippen LogP contribution in [0.5, 0.6) is 0 Å². The van der Waals surface area contributed by atoms with E-state index in [9.17, 15) is 0 Å². The summed E-state index contributed by atoms with van der Waals surface area (Å²) in [4.78, 5) is 3.74. The Bertz CT molecular complexity index is 386. The number of pyridine rings is 1. The van der Waals surface area contributed by atoms with Crippen LogP contribution >= 0.6 is 34.8 Å². The van der Waals surface area contributed by atoms with E-state index in [4.69, 9.17) is 45.8 Å². The van der Waals surface area contributed by atoms with Gasteiger partial charge >= 0.3 is 0 Å². The first-order valence-corrected chi connectivity index (χ1v) is 4.83. The van der Waals surface area contributed by atoms with E-state index < -0.39 is 6.04 Å². The van der Waals surface area contributed by atoms with Crippen molar-refractivity contribution < 1.29 is 0 Å². The summed E-state index contributed by atoms with van der Waals surface area (Å²) in [5, 5.41) is 9.15. The van der Waals surface area contributed by atoms with Gasteiger partial charge in [-0.2, -0.15) is 5.26 Å². The second kappa shape index (κ2) is 4.81. The second-order valence-electron chi connectivity index (χ2n) is 2.59. The predicted octanol–water partition coefficient (Wildman–Crippen LogP) is 2.96. The topological polar surface area (TPSA) is 62.7 Å². The Morgan fingerprint density at radius 2 is 2.14 bits per heavy atom. The van der Waals surface area contributed by atoms with Crippen molar-refractivity contribution in [1.82, 2.24) is 4.98 Å². The Morgan fingerprint density at radius 1 is 1.50 bits per heavy atom. The predicted molar refractivity (Wildman–Crippen MR) is 56.4 cm³/mol. The molecule has 0 aliphatic heterocycles. The summed E-state index contributed by atoms with van der Waals surface area (Å²) >= 11 is 17.4. The highest BCUT2D eigenvalue weighted by molar-refractivity contribution is 6.43. The largest absolute Gasteiger partial charge is 0.323 e. The van der Waals surface area contributed by atoms with Crippen molar-refractivity contribution in [3.63, 3.8) is 0 Å². The number of nitriles is 1. The zero-order valence-corrected chi connectivity index (χ0v) is 9.24. The monoisotopic (exact) mass is 249 g/mol. The van der Waals surface area contributed by atoms with Gasteiger partial charge in [0.1, 0.15) is 5.15 Å². The van der Waals surface area contributed by atoms with E-state index >= 15 is 0 Å². The fraction of sp³-hybridized carbons (Fsp3) is 0.250. The van der Waals surface area contributed by atoms with Crippen LogP contribution in [0.15, 0.2) is 6.20 Å². The van der Waals surface area contributed by atoms with Crippen LogP contribution < -0.4 is 5.73 Å². The molecule has 6 heteroatoms. The summed E-state index contributed by atoms with van der Waals surface area (Å²) in [5.74, 6) is 0. The summed E-state index contributed by atoms with van der Waals surface area (Å²) in [6.45, 7) is 0. The van der Waals surface area contributed by atoms with E-state index in [-0.39, 0.29) is 16.6 Å². The Kier molecular flexibility index (Phi) is 3.97. The Balaban J connectivity index is 3.19. The molecule has 3 nitrogen and oxygen atoms in total. The van der Waals surface area contributed by atoms with E-state index in [1.54, 1.807) is 0 Å². The third kappa shape index (κ3) is 2.28. The lowest BCUT2D eigenvalue weighted by Crippen LogP contribution is -2.11. The minimum atomic E-state index is -0.541. The first kappa shape index (κ1) is 11.5. The molecule has 1 heterocycles. The zero-order valence-electron chi connectivity index (χ0n) is 6.97. The van der Waals surface area contributed by atoms with Crippen LogP contribution in [0.3, 0.4) is 0 Å². The maximum absolute atomic E-state index is 8.48. The van der Waals surface area contributed by atoms with Crippen LogP contribution in [0.4, 0.5) is 0 Å². The third-order valence-corrected chi connectivity index (χ3v) is 2.72. The van der Waals surface area contributed by atoms with Gasteiger partial charge in [0.25, 0.3) is 0 Å². The molecule has 1 aromatic heterocycles. The minimum absolute atomic E-state index is 0.125. The lowest BCUT2D eigenvalue weighted by Gasteiger charge is -2.12. The van der Waals surface area contributed by atoms with Gasteiger partial charge in [0, 0.05) is 17.8 Å². The van der Waals surface area contributed by atoms with Gasteiger partial charge < -0.3 is 5.73 Å². The summed E-state index contributed by atoms with van der Waals surface area (Å²) in [7, 11) is 0. The highest BCUT2D eigenvalue weighted by atomic mass is 35.5. The summed E-state index contributed by atoms with van der Waals surface area (Å²) in [5.41, 5.74) is 6.17. The van der Waals surface area contributed by atoms with Gasteiger partial charge in [-0.25, -0.2) is 4.98 Å². The molecule has 0 bridgehead atoms. The molecule has 0 spiro atoms. The average molecular weight is 251 g/mol. The van der Waals surface area contributed by atoms with E-state index in [1.165, 1.54) is 6.20 Å². The van der Waals surface area contributed by atoms with Crippen LogP contribution in [-0.2, 0) is 0 Å². The van der Waals surface area contributed by atoms with Crippen LogP contribution in [0, 0.1) is 11.3 Å². The molecule has 0 aliphatic rings. The number of hydrogen-bond acceptors (Lipinski definition) is 3. The van der Waals surface area contributed by atoms with Gasteiger partial charge in [-0.15, -0.1) is 0 Å². The maximum Gasteiger partial charge on any atom is 0.148 e. The molecule has 0 aliphatic carbocycles. The Hall–Kier alpha value is -0.530. The van der Waals surface area contributed by atoms with Crippen molar-refractivity contribution >= 4 is 34.8 Å². The SMILES string of the molecule is N#CC[C@@H](N)c1c(Cl)cnc(Cl)c1Cl. The Morgan fingerprint density at radius 3 is 2.71 bits per heavy atom. The lowest BCUT2D eigenvalue weighted by molar-refractivity contribution is 0.747. The number of halogens is 3. The van der Waals surface area contributed by atoms with E-state index in [0.717, 1.165) is 0 Å². The summed E-state index contributed by atoms with van der Waals surface area (Å²) in [6.07, 6.45) is 1.49. The van der Waals surface area contributed by atoms with E-state index in [2.05, 4.69) is 4.98 Å². The number of rotatable bonds is 2. The molecule has 0 aromatic carbocycles. The molecule has 74 valence electrons. The highest BCUT2D eigenvalue weighted by Crippen LogP contribution is 2.33. The summed E-state index contributed by atoms with van der Waals surface area (Å²) < 4.78 is 0. The molecule has 0 radical (unpaired) electrons. The normalized spacial score (nSPS) is 12.2. The number of hydrogen-bond donors (Lipinski definition) is 1. The van der Waals surface area contributed by atoms with Crippen molar-refractivity contribution in [2.24, 2.45) is 5.73 Å². The van der Waals surface area contributed by atoms with Gasteiger partial charge in [-0.05, 0) is 0 Å². The van der Waals surface area contributed by atoms with Crippen LogP contribution in [0.2, 0.25) is 15.2 Å². The van der Waals surface area contributed by atoms with Crippen LogP contribution in [0.25, 0.3) is 0 Å². The molecule has 0 unspecified atom stereocenters. The highest BCUT2D eigenvalue weighted by Gasteiger charge is 2.17. The lowest BCUT2D eigenvalue weighted by atomic mass is 10.1. The maximum atomic E-state index is 8.48. The summed E-state index contributed by atoms with van der Waals surface area (Å²) in [6, 6.07) is 1.39. The molecule has 1 atom stereocenters. The first-order valence-electron chi connectivity index (χ1n) is 3.69. The number of nitrogens with zero attached hydrogens (tertiary/aromatic N) is 2. The third-order valence-electron chi connectivity index (χ3n) is 1.65. The standard InChI is InChI=1S/C8H6Cl3N3/c9-4-3-14-8(11)7(10)6(4)5(13)1-2-12/h3,5H,1,13H2/t5-/m1/s1.